The highest BCUT2D eigenvalue weighted by molar-refractivity contribution is 8.19. The number of thioether (sulfide) groups is 1. The van der Waals surface area contributed by atoms with E-state index in [1.54, 1.807) is 43.3 Å². The molecule has 0 fully saturated rings. The monoisotopic (exact) mass is 486 g/mol. The third kappa shape index (κ3) is 4.97. The van der Waals surface area contributed by atoms with Crippen molar-refractivity contribution in [2.45, 2.75) is 23.5 Å². The molecule has 0 aromatic heterocycles. The summed E-state index contributed by atoms with van der Waals surface area (Å²) in [6, 6.07) is 11.4. The maximum atomic E-state index is 13.2. The number of benzene rings is 2. The summed E-state index contributed by atoms with van der Waals surface area (Å²) in [7, 11) is -2.23. The topological polar surface area (TPSA) is 69.7 Å². The van der Waals surface area contributed by atoms with Crippen molar-refractivity contribution >= 4 is 50.8 Å². The lowest BCUT2D eigenvalue weighted by molar-refractivity contribution is -0.143. The highest BCUT2D eigenvalue weighted by atomic mass is 35.5. The van der Waals surface area contributed by atoms with Crippen LogP contribution in [0.25, 0.3) is 0 Å². The van der Waals surface area contributed by atoms with Gasteiger partial charge in [0.15, 0.2) is 0 Å². The quantitative estimate of drug-likeness (QED) is 0.469. The van der Waals surface area contributed by atoms with Crippen LogP contribution in [-0.2, 0) is 19.4 Å². The minimum atomic E-state index is -3.75. The smallest absolute Gasteiger partial charge is 0.306 e. The summed E-state index contributed by atoms with van der Waals surface area (Å²) in [6.07, 6.45) is 1.70. The zero-order valence-electron chi connectivity index (χ0n) is 16.3. The number of carbonyl (C=O) groups is 1. The summed E-state index contributed by atoms with van der Waals surface area (Å²) in [5.74, 6) is -0.183. The zero-order valence-corrected chi connectivity index (χ0v) is 19.4. The molecular formula is C21H20Cl2O5S2. The fourth-order valence-corrected chi connectivity index (χ4v) is 6.75. The lowest BCUT2D eigenvalue weighted by Gasteiger charge is -2.19. The molecule has 2 atom stereocenters. The number of rotatable bonds is 7. The summed E-state index contributed by atoms with van der Waals surface area (Å²) >= 11 is 13.4. The molecule has 1 aliphatic heterocycles. The second-order valence-corrected chi connectivity index (χ2v) is 10.7. The first-order valence-corrected chi connectivity index (χ1v) is 12.3. The van der Waals surface area contributed by atoms with E-state index in [1.807, 2.05) is 0 Å². The molecular weight excluding hydrogens is 467 g/mol. The Labute approximate surface area is 190 Å². The van der Waals surface area contributed by atoms with Crippen LogP contribution in [0.2, 0.25) is 10.0 Å². The number of halogens is 2. The summed E-state index contributed by atoms with van der Waals surface area (Å²) in [5.41, 5.74) is 0.792. The van der Waals surface area contributed by atoms with Crippen LogP contribution in [0.3, 0.4) is 0 Å². The molecule has 1 heterocycles. The second kappa shape index (κ2) is 9.64. The fraction of sp³-hybridized carbons (Fsp3) is 0.286. The van der Waals surface area contributed by atoms with Crippen LogP contribution in [0.1, 0.15) is 24.2 Å². The van der Waals surface area contributed by atoms with Crippen LogP contribution in [0.15, 0.2) is 57.7 Å². The molecule has 1 aliphatic rings. The largest absolute Gasteiger partial charge is 0.497 e. The Bertz CT molecular complexity index is 1070. The molecule has 2 unspecified atom stereocenters. The Hall–Kier alpha value is -1.67. The fourth-order valence-electron chi connectivity index (χ4n) is 3.12. The Morgan fingerprint density at radius 3 is 2.40 bits per heavy atom. The molecule has 0 saturated carbocycles. The van der Waals surface area contributed by atoms with Crippen LogP contribution in [0.4, 0.5) is 0 Å². The van der Waals surface area contributed by atoms with E-state index in [0.717, 1.165) is 5.56 Å². The molecule has 0 aliphatic carbocycles. The Morgan fingerprint density at radius 2 is 1.80 bits per heavy atom. The average Bonchev–Trinajstić information content (AvgIpc) is 3.14. The number of methoxy groups -OCH3 is 1. The van der Waals surface area contributed by atoms with E-state index in [2.05, 4.69) is 0 Å². The number of hydrogen-bond acceptors (Lipinski definition) is 6. The molecule has 0 saturated heterocycles. The van der Waals surface area contributed by atoms with E-state index < -0.39 is 9.84 Å². The number of allylic oxidation sites excluding steroid dienone is 1. The zero-order chi connectivity index (χ0) is 21.9. The Balaban J connectivity index is 1.95. The van der Waals surface area contributed by atoms with Crippen LogP contribution in [-0.4, -0.2) is 28.1 Å². The van der Waals surface area contributed by atoms with Crippen LogP contribution < -0.4 is 4.74 Å². The highest BCUT2D eigenvalue weighted by Crippen LogP contribution is 2.52. The molecule has 3 rings (SSSR count). The third-order valence-electron chi connectivity index (χ3n) is 4.60. The predicted molar refractivity (Wildman–Crippen MR) is 120 cm³/mol. The van der Waals surface area contributed by atoms with Gasteiger partial charge in [-0.15, -0.1) is 11.8 Å². The van der Waals surface area contributed by atoms with Gasteiger partial charge in [-0.2, -0.15) is 0 Å². The molecule has 5 nitrogen and oxygen atoms in total. The van der Waals surface area contributed by atoms with Crippen molar-refractivity contribution in [2.24, 2.45) is 5.92 Å². The maximum absolute atomic E-state index is 13.2. The van der Waals surface area contributed by atoms with Gasteiger partial charge in [-0.3, -0.25) is 4.79 Å². The molecule has 160 valence electrons. The summed E-state index contributed by atoms with van der Waals surface area (Å²) in [4.78, 5) is 12.3. The molecule has 0 radical (unpaired) electrons. The first kappa shape index (κ1) is 23.0. The third-order valence-corrected chi connectivity index (χ3v) is 9.09. The SMILES string of the molecule is CCOC(=O)CC1C=C(S(=O)(=O)c2ccc(OC)cc2)SC1c1ccc(Cl)c(Cl)c1. The van der Waals surface area contributed by atoms with E-state index in [9.17, 15) is 13.2 Å². The lowest BCUT2D eigenvalue weighted by atomic mass is 9.96. The van der Waals surface area contributed by atoms with Gasteiger partial charge in [-0.25, -0.2) is 8.42 Å². The van der Waals surface area contributed by atoms with E-state index in [1.165, 1.54) is 31.0 Å². The number of ether oxygens (including phenoxy) is 2. The van der Waals surface area contributed by atoms with Gasteiger partial charge in [0.25, 0.3) is 0 Å². The molecule has 30 heavy (non-hydrogen) atoms. The van der Waals surface area contributed by atoms with E-state index in [4.69, 9.17) is 32.7 Å². The molecule has 2 aromatic rings. The molecule has 0 N–H and O–H groups in total. The van der Waals surface area contributed by atoms with Crippen molar-refractivity contribution in [2.75, 3.05) is 13.7 Å². The van der Waals surface area contributed by atoms with Crippen molar-refractivity contribution in [1.82, 2.24) is 0 Å². The first-order chi connectivity index (χ1) is 14.3. The van der Waals surface area contributed by atoms with E-state index >= 15 is 0 Å². The van der Waals surface area contributed by atoms with Crippen molar-refractivity contribution < 1.29 is 22.7 Å². The average molecular weight is 487 g/mol. The van der Waals surface area contributed by atoms with Crippen LogP contribution in [0.5, 0.6) is 5.75 Å². The summed E-state index contributed by atoms with van der Waals surface area (Å²) < 4.78 is 36.8. The predicted octanol–water partition coefficient (Wildman–Crippen LogP) is 5.67. The standard InChI is InChI=1S/C21H20Cl2O5S2/c1-3-28-19(24)11-14-12-20(29-21(14)13-4-9-17(22)18(23)10-13)30(25,26)16-7-5-15(27-2)6-8-16/h4-10,12,14,21H,3,11H2,1-2H3. The van der Waals surface area contributed by atoms with Gasteiger partial charge < -0.3 is 9.47 Å². The van der Waals surface area contributed by atoms with Crippen molar-refractivity contribution in [1.29, 1.82) is 0 Å². The van der Waals surface area contributed by atoms with Crippen molar-refractivity contribution in [3.8, 4) is 5.75 Å². The van der Waals surface area contributed by atoms with Crippen LogP contribution in [0, 0.1) is 5.92 Å². The van der Waals surface area contributed by atoms with E-state index in [-0.39, 0.29) is 39.3 Å². The number of sulfone groups is 1. The minimum Gasteiger partial charge on any atom is -0.497 e. The molecule has 2 aromatic carbocycles. The van der Waals surface area contributed by atoms with Gasteiger partial charge in [0.05, 0.1) is 35.1 Å². The highest BCUT2D eigenvalue weighted by Gasteiger charge is 2.37. The first-order valence-electron chi connectivity index (χ1n) is 9.14. The van der Waals surface area contributed by atoms with Crippen molar-refractivity contribution in [3.05, 3.63) is 68.4 Å². The molecule has 0 amide bonds. The number of esters is 1. The van der Waals surface area contributed by atoms with Gasteiger partial charge >= 0.3 is 5.97 Å². The van der Waals surface area contributed by atoms with Crippen molar-refractivity contribution in [3.63, 3.8) is 0 Å². The molecule has 0 spiro atoms. The van der Waals surface area contributed by atoms with Gasteiger partial charge in [0.2, 0.25) is 9.84 Å². The summed E-state index contributed by atoms with van der Waals surface area (Å²) in [6.45, 7) is 1.99. The molecule has 9 heteroatoms. The Morgan fingerprint density at radius 1 is 1.10 bits per heavy atom. The lowest BCUT2D eigenvalue weighted by Crippen LogP contribution is -2.13. The second-order valence-electron chi connectivity index (χ2n) is 6.55. The normalized spacial score (nSPS) is 18.7. The Kier molecular flexibility index (Phi) is 7.39. The number of carbonyl (C=O) groups excluding carboxylic acids is 1. The van der Waals surface area contributed by atoms with E-state index in [0.29, 0.717) is 15.8 Å². The van der Waals surface area contributed by atoms with Crippen LogP contribution >= 0.6 is 35.0 Å². The van der Waals surface area contributed by atoms with Gasteiger partial charge in [-0.05, 0) is 48.9 Å². The minimum absolute atomic E-state index is 0.0629. The van der Waals surface area contributed by atoms with Gasteiger partial charge in [0.1, 0.15) is 9.99 Å². The summed E-state index contributed by atoms with van der Waals surface area (Å²) in [5, 5.41) is 0.465. The van der Waals surface area contributed by atoms with Gasteiger partial charge in [-0.1, -0.05) is 35.3 Å². The van der Waals surface area contributed by atoms with Gasteiger partial charge in [0, 0.05) is 11.2 Å². The maximum Gasteiger partial charge on any atom is 0.306 e. The molecule has 0 bridgehead atoms. The number of hydrogen-bond donors (Lipinski definition) is 0.